The summed E-state index contributed by atoms with van der Waals surface area (Å²) in [6, 6.07) is 15.5. The van der Waals surface area contributed by atoms with Crippen molar-refractivity contribution in [3.05, 3.63) is 72.2 Å². The lowest BCUT2D eigenvalue weighted by Crippen LogP contribution is -2.41. The van der Waals surface area contributed by atoms with E-state index in [0.717, 1.165) is 16.3 Å². The molecule has 2 heterocycles. The van der Waals surface area contributed by atoms with Gasteiger partial charge < -0.3 is 18.8 Å². The number of anilines is 1. The van der Waals surface area contributed by atoms with E-state index < -0.39 is 10.0 Å². The van der Waals surface area contributed by atoms with Crippen LogP contribution in [0.1, 0.15) is 17.7 Å². The highest BCUT2D eigenvalue weighted by Crippen LogP contribution is 2.32. The fraction of sp³-hybridized carbons (Fsp3) is 0.292. The third-order valence-corrected chi connectivity index (χ3v) is 7.13. The van der Waals surface area contributed by atoms with Crippen LogP contribution in [0.25, 0.3) is 0 Å². The minimum absolute atomic E-state index is 0.0370. The van der Waals surface area contributed by atoms with Crippen molar-refractivity contribution in [2.24, 2.45) is 0 Å². The van der Waals surface area contributed by atoms with Crippen LogP contribution in [0.2, 0.25) is 0 Å². The number of hydrogen-bond donors (Lipinski definition) is 0. The van der Waals surface area contributed by atoms with Gasteiger partial charge in [0.15, 0.2) is 11.5 Å². The van der Waals surface area contributed by atoms with Gasteiger partial charge in [-0.1, -0.05) is 17.7 Å². The molecule has 0 N–H and O–H groups in total. The fourth-order valence-electron chi connectivity index (χ4n) is 3.45. The largest absolute Gasteiger partial charge is 0.490 e. The Kier molecular flexibility index (Phi) is 6.71. The van der Waals surface area contributed by atoms with Crippen LogP contribution in [-0.4, -0.2) is 45.4 Å². The Balaban J connectivity index is 1.55. The summed E-state index contributed by atoms with van der Waals surface area (Å²) in [5.41, 5.74) is 1.71. The molecule has 0 radical (unpaired) electrons. The van der Waals surface area contributed by atoms with Gasteiger partial charge in [0.2, 0.25) is 15.9 Å². The lowest BCUT2D eigenvalue weighted by atomic mass is 10.2. The zero-order valence-corrected chi connectivity index (χ0v) is 19.4. The van der Waals surface area contributed by atoms with Gasteiger partial charge in [-0.25, -0.2) is 8.42 Å². The molecule has 1 aliphatic rings. The van der Waals surface area contributed by atoms with Gasteiger partial charge in [0, 0.05) is 25.2 Å². The van der Waals surface area contributed by atoms with E-state index in [2.05, 4.69) is 0 Å². The van der Waals surface area contributed by atoms with Crippen LogP contribution in [0.5, 0.6) is 11.5 Å². The average Bonchev–Trinajstić information content (AvgIpc) is 3.20. The Bertz CT molecular complexity index is 1210. The van der Waals surface area contributed by atoms with Gasteiger partial charge in [0.05, 0.1) is 37.5 Å². The van der Waals surface area contributed by atoms with E-state index in [1.807, 2.05) is 31.2 Å². The molecule has 0 bridgehead atoms. The first-order chi connectivity index (χ1) is 15.8. The molecule has 0 spiro atoms. The SMILES string of the molecule is Cc1ccc(N(Cc2ccco2)C(=O)CN(C)S(=O)(=O)c2ccc3c(c2)OCCCO3)cc1. The van der Waals surface area contributed by atoms with Crippen LogP contribution in [-0.2, 0) is 21.4 Å². The van der Waals surface area contributed by atoms with Crippen molar-refractivity contribution < 1.29 is 27.1 Å². The minimum Gasteiger partial charge on any atom is -0.490 e. The van der Waals surface area contributed by atoms with Gasteiger partial charge in [-0.2, -0.15) is 4.31 Å². The standard InChI is InChI=1S/C24H26N2O6S/c1-18-6-8-19(9-7-18)26(16-20-5-3-12-30-20)24(27)17-25(2)33(28,29)21-10-11-22-23(15-21)32-14-4-13-31-22/h3,5-12,15H,4,13-14,16-17H2,1-2H3. The Morgan fingerprint density at radius 2 is 1.73 bits per heavy atom. The Morgan fingerprint density at radius 1 is 1.00 bits per heavy atom. The smallest absolute Gasteiger partial charge is 0.243 e. The molecule has 1 aliphatic heterocycles. The minimum atomic E-state index is -3.94. The quantitative estimate of drug-likeness (QED) is 0.524. The second kappa shape index (κ2) is 9.68. The zero-order valence-electron chi connectivity index (χ0n) is 18.6. The van der Waals surface area contributed by atoms with Crippen LogP contribution in [0.3, 0.4) is 0 Å². The first-order valence-corrected chi connectivity index (χ1v) is 12.0. The lowest BCUT2D eigenvalue weighted by molar-refractivity contribution is -0.118. The van der Waals surface area contributed by atoms with Crippen molar-refractivity contribution in [2.75, 3.05) is 31.7 Å². The summed E-state index contributed by atoms with van der Waals surface area (Å²) in [6.07, 6.45) is 2.25. The number of ether oxygens (including phenoxy) is 2. The number of furan rings is 1. The lowest BCUT2D eigenvalue weighted by Gasteiger charge is -2.25. The summed E-state index contributed by atoms with van der Waals surface area (Å²) >= 11 is 0. The van der Waals surface area contributed by atoms with Crippen LogP contribution >= 0.6 is 0 Å². The third kappa shape index (κ3) is 5.20. The number of carbonyl (C=O) groups is 1. The van der Waals surface area contributed by atoms with Crippen molar-refractivity contribution in [3.8, 4) is 11.5 Å². The highest BCUT2D eigenvalue weighted by atomic mass is 32.2. The monoisotopic (exact) mass is 470 g/mol. The predicted molar refractivity (Wildman–Crippen MR) is 123 cm³/mol. The van der Waals surface area contributed by atoms with Crippen molar-refractivity contribution in [1.82, 2.24) is 4.31 Å². The van der Waals surface area contributed by atoms with Crippen LogP contribution in [0.4, 0.5) is 5.69 Å². The number of rotatable bonds is 7. The average molecular weight is 471 g/mol. The zero-order chi connectivity index (χ0) is 23.4. The van der Waals surface area contributed by atoms with Crippen LogP contribution in [0, 0.1) is 6.92 Å². The Labute approximate surface area is 193 Å². The van der Waals surface area contributed by atoms with Crippen molar-refractivity contribution in [1.29, 1.82) is 0 Å². The molecule has 174 valence electrons. The van der Waals surface area contributed by atoms with Crippen molar-refractivity contribution >= 4 is 21.6 Å². The number of amides is 1. The first-order valence-electron chi connectivity index (χ1n) is 10.6. The predicted octanol–water partition coefficient (Wildman–Crippen LogP) is 3.60. The van der Waals surface area contributed by atoms with Gasteiger partial charge in [0.1, 0.15) is 5.76 Å². The van der Waals surface area contributed by atoms with E-state index in [9.17, 15) is 13.2 Å². The molecule has 0 unspecified atom stereocenters. The highest BCUT2D eigenvalue weighted by molar-refractivity contribution is 7.89. The maximum atomic E-state index is 13.3. The van der Waals surface area contributed by atoms with E-state index in [1.165, 1.54) is 30.3 Å². The third-order valence-electron chi connectivity index (χ3n) is 5.33. The molecule has 8 nitrogen and oxygen atoms in total. The topological polar surface area (TPSA) is 89.3 Å². The molecule has 3 aromatic rings. The number of sulfonamides is 1. The summed E-state index contributed by atoms with van der Waals surface area (Å²) in [4.78, 5) is 14.8. The molecule has 2 aromatic carbocycles. The normalized spacial score (nSPS) is 13.5. The molecule has 0 saturated carbocycles. The summed E-state index contributed by atoms with van der Waals surface area (Å²) < 4.78 is 44.0. The number of hydrogen-bond acceptors (Lipinski definition) is 6. The highest BCUT2D eigenvalue weighted by Gasteiger charge is 2.28. The first kappa shape index (κ1) is 22.9. The number of carbonyl (C=O) groups excluding carboxylic acids is 1. The summed E-state index contributed by atoms with van der Waals surface area (Å²) in [6.45, 7) is 2.76. The summed E-state index contributed by atoms with van der Waals surface area (Å²) in [5, 5.41) is 0. The van der Waals surface area contributed by atoms with E-state index >= 15 is 0 Å². The molecule has 9 heteroatoms. The summed E-state index contributed by atoms with van der Waals surface area (Å²) in [5.74, 6) is 1.11. The molecule has 33 heavy (non-hydrogen) atoms. The molecule has 0 aliphatic carbocycles. The molecular formula is C24H26N2O6S. The molecule has 0 saturated heterocycles. The van der Waals surface area contributed by atoms with Crippen molar-refractivity contribution in [2.45, 2.75) is 24.8 Å². The van der Waals surface area contributed by atoms with E-state index in [1.54, 1.807) is 18.2 Å². The van der Waals surface area contributed by atoms with Gasteiger partial charge in [0.25, 0.3) is 0 Å². The molecule has 0 atom stereocenters. The van der Waals surface area contributed by atoms with Gasteiger partial charge in [-0.05, 0) is 43.3 Å². The van der Waals surface area contributed by atoms with Crippen LogP contribution < -0.4 is 14.4 Å². The van der Waals surface area contributed by atoms with Crippen molar-refractivity contribution in [3.63, 3.8) is 0 Å². The van der Waals surface area contributed by atoms with Gasteiger partial charge in [-0.15, -0.1) is 0 Å². The second-order valence-corrected chi connectivity index (χ2v) is 9.86. The maximum Gasteiger partial charge on any atom is 0.243 e. The molecule has 4 rings (SSSR count). The Morgan fingerprint density at radius 3 is 2.42 bits per heavy atom. The summed E-state index contributed by atoms with van der Waals surface area (Å²) in [7, 11) is -2.55. The number of benzene rings is 2. The van der Waals surface area contributed by atoms with Gasteiger partial charge >= 0.3 is 0 Å². The van der Waals surface area contributed by atoms with Crippen LogP contribution in [0.15, 0.2) is 70.2 Å². The Hall–Kier alpha value is -3.30. The molecular weight excluding hydrogens is 444 g/mol. The molecule has 1 aromatic heterocycles. The number of likely N-dealkylation sites (N-methyl/N-ethyl adjacent to an activating group) is 1. The van der Waals surface area contributed by atoms with Gasteiger partial charge in [-0.3, -0.25) is 4.79 Å². The number of aryl methyl sites for hydroxylation is 1. The molecule has 1 amide bonds. The fourth-order valence-corrected chi connectivity index (χ4v) is 4.59. The number of fused-ring (bicyclic) bond motifs is 1. The van der Waals surface area contributed by atoms with E-state index in [-0.39, 0.29) is 23.9 Å². The van der Waals surface area contributed by atoms with E-state index in [0.29, 0.717) is 36.2 Å². The molecule has 0 fully saturated rings. The number of nitrogens with zero attached hydrogens (tertiary/aromatic N) is 2. The second-order valence-electron chi connectivity index (χ2n) is 7.81. The van der Waals surface area contributed by atoms with E-state index in [4.69, 9.17) is 13.9 Å². The maximum absolute atomic E-state index is 13.3.